The van der Waals surface area contributed by atoms with Crippen molar-refractivity contribution in [3.63, 3.8) is 0 Å². The topological polar surface area (TPSA) is 32.7 Å². The van der Waals surface area contributed by atoms with Crippen LogP contribution < -0.4 is 0 Å². The second kappa shape index (κ2) is 4.91. The van der Waals surface area contributed by atoms with E-state index in [1.165, 1.54) is 12.1 Å². The summed E-state index contributed by atoms with van der Waals surface area (Å²) in [4.78, 5) is 2.12. The van der Waals surface area contributed by atoms with Gasteiger partial charge in [0.2, 0.25) is 0 Å². The molecule has 1 aromatic rings. The number of halogens is 1. The summed E-state index contributed by atoms with van der Waals surface area (Å²) in [5.74, 6) is -0.247. The van der Waals surface area contributed by atoms with Crippen molar-refractivity contribution in [2.75, 3.05) is 19.7 Å². The molecule has 0 radical (unpaired) electrons. The van der Waals surface area contributed by atoms with Crippen molar-refractivity contribution in [3.05, 3.63) is 35.6 Å². The molecule has 1 saturated heterocycles. The molecule has 16 heavy (non-hydrogen) atoms. The molecule has 1 aromatic carbocycles. The van der Waals surface area contributed by atoms with Gasteiger partial charge in [0.1, 0.15) is 12.0 Å². The van der Waals surface area contributed by atoms with Crippen LogP contribution in [0.1, 0.15) is 18.7 Å². The van der Waals surface area contributed by atoms with Crippen molar-refractivity contribution >= 4 is 0 Å². The minimum absolute atomic E-state index is 0.0220. The Morgan fingerprint density at radius 2 is 2.12 bits per heavy atom. The first kappa shape index (κ1) is 11.5. The summed E-state index contributed by atoms with van der Waals surface area (Å²) in [5.41, 5.74) is 0.930. The summed E-state index contributed by atoms with van der Waals surface area (Å²) in [5, 5.41) is 9.08. The molecule has 2 rings (SSSR count). The molecule has 1 N–H and O–H groups in total. The minimum atomic E-state index is -0.247. The van der Waals surface area contributed by atoms with Gasteiger partial charge in [0.25, 0.3) is 0 Å². The third-order valence-corrected chi connectivity index (χ3v) is 2.86. The van der Waals surface area contributed by atoms with Gasteiger partial charge in [-0.1, -0.05) is 19.1 Å². The van der Waals surface area contributed by atoms with E-state index < -0.39 is 0 Å². The molecule has 0 amide bonds. The summed E-state index contributed by atoms with van der Waals surface area (Å²) < 4.78 is 18.5. The zero-order valence-corrected chi connectivity index (χ0v) is 9.27. The molecule has 88 valence electrons. The lowest BCUT2D eigenvalue weighted by atomic mass is 10.2. The molecule has 1 aliphatic rings. The maximum Gasteiger partial charge on any atom is 0.137 e. The minimum Gasteiger partial charge on any atom is -0.394 e. The monoisotopic (exact) mass is 225 g/mol. The van der Waals surface area contributed by atoms with Gasteiger partial charge in [0.15, 0.2) is 0 Å². The SMILES string of the molecule is CCN1CC(CO)OC1c1ccc(F)cc1. The number of hydrogen-bond donors (Lipinski definition) is 1. The van der Waals surface area contributed by atoms with Crippen molar-refractivity contribution in [2.24, 2.45) is 0 Å². The van der Waals surface area contributed by atoms with E-state index in [2.05, 4.69) is 4.90 Å². The first-order chi connectivity index (χ1) is 7.74. The normalized spacial score (nSPS) is 26.2. The van der Waals surface area contributed by atoms with E-state index in [-0.39, 0.29) is 24.8 Å². The fourth-order valence-electron chi connectivity index (χ4n) is 1.98. The summed E-state index contributed by atoms with van der Waals surface area (Å²) in [6, 6.07) is 6.31. The van der Waals surface area contributed by atoms with Crippen LogP contribution in [0.2, 0.25) is 0 Å². The quantitative estimate of drug-likeness (QED) is 0.847. The number of nitrogens with zero attached hydrogens (tertiary/aromatic N) is 1. The second-order valence-corrected chi connectivity index (χ2v) is 3.93. The van der Waals surface area contributed by atoms with Crippen molar-refractivity contribution in [1.29, 1.82) is 0 Å². The molecule has 4 heteroatoms. The second-order valence-electron chi connectivity index (χ2n) is 3.93. The number of hydrogen-bond acceptors (Lipinski definition) is 3. The predicted octanol–water partition coefficient (Wildman–Crippen LogP) is 1.54. The zero-order valence-electron chi connectivity index (χ0n) is 9.27. The van der Waals surface area contributed by atoms with Crippen LogP contribution in [0.4, 0.5) is 4.39 Å². The smallest absolute Gasteiger partial charge is 0.137 e. The van der Waals surface area contributed by atoms with E-state index >= 15 is 0 Å². The van der Waals surface area contributed by atoms with Gasteiger partial charge >= 0.3 is 0 Å². The van der Waals surface area contributed by atoms with Crippen molar-refractivity contribution in [1.82, 2.24) is 4.90 Å². The van der Waals surface area contributed by atoms with Crippen LogP contribution in [-0.4, -0.2) is 35.8 Å². The van der Waals surface area contributed by atoms with Gasteiger partial charge in [0.05, 0.1) is 12.7 Å². The highest BCUT2D eigenvalue weighted by molar-refractivity contribution is 5.19. The largest absolute Gasteiger partial charge is 0.394 e. The number of ether oxygens (including phenoxy) is 1. The van der Waals surface area contributed by atoms with E-state index in [4.69, 9.17) is 9.84 Å². The van der Waals surface area contributed by atoms with Gasteiger partial charge in [0, 0.05) is 6.54 Å². The molecule has 0 saturated carbocycles. The van der Waals surface area contributed by atoms with Crippen LogP contribution in [0.5, 0.6) is 0 Å². The highest BCUT2D eigenvalue weighted by atomic mass is 19.1. The van der Waals surface area contributed by atoms with Gasteiger partial charge in [-0.2, -0.15) is 0 Å². The average molecular weight is 225 g/mol. The first-order valence-electron chi connectivity index (χ1n) is 5.50. The lowest BCUT2D eigenvalue weighted by Gasteiger charge is -2.21. The highest BCUT2D eigenvalue weighted by Gasteiger charge is 2.32. The first-order valence-corrected chi connectivity index (χ1v) is 5.50. The van der Waals surface area contributed by atoms with E-state index in [1.54, 1.807) is 12.1 Å². The Hall–Kier alpha value is -0.970. The Morgan fingerprint density at radius 1 is 1.44 bits per heavy atom. The lowest BCUT2D eigenvalue weighted by molar-refractivity contribution is -0.0184. The fourth-order valence-corrected chi connectivity index (χ4v) is 1.98. The Balaban J connectivity index is 2.16. The predicted molar refractivity (Wildman–Crippen MR) is 58.3 cm³/mol. The van der Waals surface area contributed by atoms with Gasteiger partial charge in [-0.3, -0.25) is 4.90 Å². The maximum absolute atomic E-state index is 12.8. The molecule has 1 aliphatic heterocycles. The number of aliphatic hydroxyl groups is 1. The third-order valence-electron chi connectivity index (χ3n) is 2.86. The van der Waals surface area contributed by atoms with Crippen LogP contribution in [0.25, 0.3) is 0 Å². The summed E-state index contributed by atoms with van der Waals surface area (Å²) in [7, 11) is 0. The Morgan fingerprint density at radius 3 is 2.69 bits per heavy atom. The fraction of sp³-hybridized carbons (Fsp3) is 0.500. The van der Waals surface area contributed by atoms with E-state index in [9.17, 15) is 4.39 Å². The van der Waals surface area contributed by atoms with Crippen molar-refractivity contribution in [3.8, 4) is 0 Å². The molecule has 0 aliphatic carbocycles. The molecule has 0 bridgehead atoms. The van der Waals surface area contributed by atoms with Gasteiger partial charge in [-0.15, -0.1) is 0 Å². The molecule has 0 aromatic heterocycles. The summed E-state index contributed by atoms with van der Waals surface area (Å²) in [6.07, 6.45) is -0.308. The van der Waals surface area contributed by atoms with Crippen molar-refractivity contribution < 1.29 is 14.2 Å². The molecule has 2 atom stereocenters. The molecular formula is C12H16FNO2. The summed E-state index contributed by atoms with van der Waals surface area (Å²) >= 11 is 0. The van der Waals surface area contributed by atoms with Gasteiger partial charge in [-0.25, -0.2) is 4.39 Å². The van der Waals surface area contributed by atoms with Crippen LogP contribution in [0, 0.1) is 5.82 Å². The molecular weight excluding hydrogens is 209 g/mol. The highest BCUT2D eigenvalue weighted by Crippen LogP contribution is 2.29. The van der Waals surface area contributed by atoms with E-state index in [1.807, 2.05) is 6.92 Å². The molecule has 1 fully saturated rings. The molecule has 1 heterocycles. The van der Waals surface area contributed by atoms with Crippen LogP contribution in [0.15, 0.2) is 24.3 Å². The van der Waals surface area contributed by atoms with E-state index in [0.29, 0.717) is 0 Å². The van der Waals surface area contributed by atoms with Gasteiger partial charge < -0.3 is 9.84 Å². The summed E-state index contributed by atoms with van der Waals surface area (Å²) in [6.45, 7) is 3.63. The standard InChI is InChI=1S/C12H16FNO2/c1-2-14-7-11(8-15)16-12(14)9-3-5-10(13)6-4-9/h3-6,11-12,15H,2,7-8H2,1H3. The van der Waals surface area contributed by atoms with E-state index in [0.717, 1.165) is 18.7 Å². The molecule has 0 spiro atoms. The lowest BCUT2D eigenvalue weighted by Crippen LogP contribution is -2.25. The number of rotatable bonds is 3. The Labute approximate surface area is 94.4 Å². The molecule has 2 unspecified atom stereocenters. The third kappa shape index (κ3) is 2.24. The van der Waals surface area contributed by atoms with Crippen LogP contribution in [-0.2, 0) is 4.74 Å². The Bertz CT molecular complexity index is 341. The van der Waals surface area contributed by atoms with Crippen LogP contribution >= 0.6 is 0 Å². The average Bonchev–Trinajstić information content (AvgIpc) is 2.73. The zero-order chi connectivity index (χ0) is 11.5. The maximum atomic E-state index is 12.8. The molecule has 3 nitrogen and oxygen atoms in total. The number of benzene rings is 1. The van der Waals surface area contributed by atoms with Crippen molar-refractivity contribution in [2.45, 2.75) is 19.3 Å². The van der Waals surface area contributed by atoms with Crippen LogP contribution in [0.3, 0.4) is 0 Å². The number of likely N-dealkylation sites (N-methyl/N-ethyl adjacent to an activating group) is 1. The Kier molecular flexibility index (Phi) is 3.53. The van der Waals surface area contributed by atoms with Gasteiger partial charge in [-0.05, 0) is 24.2 Å². The number of aliphatic hydroxyl groups excluding tert-OH is 1.